The molecule has 116 valence electrons. The van der Waals surface area contributed by atoms with E-state index in [1.807, 2.05) is 0 Å². The highest BCUT2D eigenvalue weighted by Gasteiger charge is 2.32. The van der Waals surface area contributed by atoms with Gasteiger partial charge in [0.05, 0.1) is 13.0 Å². The first kappa shape index (κ1) is 16.9. The predicted octanol–water partition coefficient (Wildman–Crippen LogP) is 2.21. The van der Waals surface area contributed by atoms with Gasteiger partial charge >= 0.3 is 5.97 Å². The molecule has 1 atom stereocenters. The molecular weight excluding hydrogens is 277 g/mol. The van der Waals surface area contributed by atoms with Gasteiger partial charge in [0.1, 0.15) is 17.6 Å². The molecule has 0 aliphatic heterocycles. The van der Waals surface area contributed by atoms with Crippen molar-refractivity contribution in [1.82, 2.24) is 5.32 Å². The van der Waals surface area contributed by atoms with E-state index >= 15 is 0 Å². The largest absolute Gasteiger partial charge is 0.493 e. The van der Waals surface area contributed by atoms with Gasteiger partial charge in [-0.15, -0.1) is 0 Å². The van der Waals surface area contributed by atoms with Crippen molar-refractivity contribution in [3.8, 4) is 5.75 Å². The highest BCUT2D eigenvalue weighted by molar-refractivity contribution is 5.84. The summed E-state index contributed by atoms with van der Waals surface area (Å²) in [5.74, 6) is -1.39. The minimum atomic E-state index is -1.07. The van der Waals surface area contributed by atoms with Gasteiger partial charge < -0.3 is 15.2 Å². The number of carbonyl (C=O) groups excluding carboxylic acids is 1. The molecule has 1 rings (SSSR count). The van der Waals surface area contributed by atoms with Gasteiger partial charge in [-0.3, -0.25) is 4.79 Å². The highest BCUT2D eigenvalue weighted by Crippen LogP contribution is 2.19. The van der Waals surface area contributed by atoms with Crippen LogP contribution in [-0.4, -0.2) is 29.6 Å². The quantitative estimate of drug-likeness (QED) is 0.844. The Morgan fingerprint density at radius 3 is 2.33 bits per heavy atom. The van der Waals surface area contributed by atoms with E-state index in [2.05, 4.69) is 5.32 Å². The first-order valence-electron chi connectivity index (χ1n) is 6.60. The number of amides is 1. The van der Waals surface area contributed by atoms with E-state index in [0.29, 0.717) is 5.75 Å². The summed E-state index contributed by atoms with van der Waals surface area (Å²) in [5, 5.41) is 11.6. The van der Waals surface area contributed by atoms with Gasteiger partial charge in [-0.2, -0.15) is 0 Å². The van der Waals surface area contributed by atoms with E-state index in [9.17, 15) is 14.0 Å². The van der Waals surface area contributed by atoms with Crippen LogP contribution in [0, 0.1) is 11.2 Å². The number of halogens is 1. The van der Waals surface area contributed by atoms with Gasteiger partial charge in [-0.1, -0.05) is 20.8 Å². The lowest BCUT2D eigenvalue weighted by molar-refractivity contribution is -0.145. The summed E-state index contributed by atoms with van der Waals surface area (Å²) in [5.41, 5.74) is -0.584. The van der Waals surface area contributed by atoms with Crippen LogP contribution in [0.2, 0.25) is 0 Å². The molecule has 0 radical (unpaired) electrons. The maximum Gasteiger partial charge on any atom is 0.326 e. The van der Waals surface area contributed by atoms with Crippen molar-refractivity contribution in [1.29, 1.82) is 0 Å². The average Bonchev–Trinajstić information content (AvgIpc) is 2.36. The summed E-state index contributed by atoms with van der Waals surface area (Å²) < 4.78 is 18.0. The maximum absolute atomic E-state index is 12.7. The molecule has 0 saturated heterocycles. The minimum absolute atomic E-state index is 0.0250. The molecule has 0 fully saturated rings. The van der Waals surface area contributed by atoms with Crippen molar-refractivity contribution in [3.05, 3.63) is 30.1 Å². The van der Waals surface area contributed by atoms with Crippen LogP contribution in [-0.2, 0) is 9.59 Å². The normalized spacial score (nSPS) is 12.6. The third-order valence-corrected chi connectivity index (χ3v) is 2.83. The molecule has 1 aromatic carbocycles. The Morgan fingerprint density at radius 1 is 1.29 bits per heavy atom. The van der Waals surface area contributed by atoms with Crippen LogP contribution in [0.5, 0.6) is 5.75 Å². The first-order valence-corrected chi connectivity index (χ1v) is 6.60. The Bertz CT molecular complexity index is 493. The molecule has 0 aromatic heterocycles. The molecule has 2 N–H and O–H groups in total. The number of benzene rings is 1. The Kier molecular flexibility index (Phi) is 5.69. The van der Waals surface area contributed by atoms with Gasteiger partial charge in [-0.05, 0) is 29.7 Å². The molecule has 0 bridgehead atoms. The first-order chi connectivity index (χ1) is 9.70. The molecular formula is C15H20FNO4. The van der Waals surface area contributed by atoms with Crippen molar-refractivity contribution in [2.45, 2.75) is 33.2 Å². The smallest absolute Gasteiger partial charge is 0.326 e. The molecule has 21 heavy (non-hydrogen) atoms. The molecule has 0 unspecified atom stereocenters. The number of hydrogen-bond acceptors (Lipinski definition) is 3. The summed E-state index contributed by atoms with van der Waals surface area (Å²) in [7, 11) is 0. The Labute approximate surface area is 123 Å². The van der Waals surface area contributed by atoms with Crippen LogP contribution in [0.1, 0.15) is 27.2 Å². The van der Waals surface area contributed by atoms with E-state index in [1.165, 1.54) is 24.3 Å². The second-order valence-electron chi connectivity index (χ2n) is 5.76. The van der Waals surface area contributed by atoms with Crippen molar-refractivity contribution in [2.75, 3.05) is 6.61 Å². The maximum atomic E-state index is 12.7. The fourth-order valence-corrected chi connectivity index (χ4v) is 1.67. The Hall–Kier alpha value is -2.11. The van der Waals surface area contributed by atoms with Crippen LogP contribution < -0.4 is 10.1 Å². The standard InChI is InChI=1S/C15H20FNO4/c1-15(2,3)13(14(19)20)17-12(18)8-9-21-11-6-4-10(16)5-7-11/h4-7,13H,8-9H2,1-3H3,(H,17,18)(H,19,20)/t13-/m0/s1. The zero-order chi connectivity index (χ0) is 16.0. The molecule has 1 aromatic rings. The number of aliphatic carboxylic acids is 1. The third kappa shape index (κ3) is 5.81. The van der Waals surface area contributed by atoms with Crippen molar-refractivity contribution in [3.63, 3.8) is 0 Å². The lowest BCUT2D eigenvalue weighted by Gasteiger charge is -2.27. The topological polar surface area (TPSA) is 75.6 Å². The highest BCUT2D eigenvalue weighted by atomic mass is 19.1. The second-order valence-corrected chi connectivity index (χ2v) is 5.76. The molecule has 0 aliphatic carbocycles. The molecule has 5 nitrogen and oxygen atoms in total. The Balaban J connectivity index is 2.43. The summed E-state index contributed by atoms with van der Waals surface area (Å²) >= 11 is 0. The fourth-order valence-electron chi connectivity index (χ4n) is 1.67. The third-order valence-electron chi connectivity index (χ3n) is 2.83. The molecule has 1 amide bonds. The summed E-state index contributed by atoms with van der Waals surface area (Å²) in [6.45, 7) is 5.30. The summed E-state index contributed by atoms with van der Waals surface area (Å²) in [6.07, 6.45) is 0.0250. The monoisotopic (exact) mass is 297 g/mol. The Morgan fingerprint density at radius 2 is 1.86 bits per heavy atom. The lowest BCUT2D eigenvalue weighted by atomic mass is 9.86. The average molecular weight is 297 g/mol. The van der Waals surface area contributed by atoms with Gasteiger partial charge in [0.15, 0.2) is 0 Å². The van der Waals surface area contributed by atoms with Crippen molar-refractivity contribution < 1.29 is 23.8 Å². The number of nitrogens with one attached hydrogen (secondary N) is 1. The predicted molar refractivity (Wildman–Crippen MR) is 75.5 cm³/mol. The molecule has 0 heterocycles. The zero-order valence-electron chi connectivity index (χ0n) is 12.4. The SMILES string of the molecule is CC(C)(C)[C@@H](NC(=O)CCOc1ccc(F)cc1)C(=O)O. The lowest BCUT2D eigenvalue weighted by Crippen LogP contribution is -2.49. The van der Waals surface area contributed by atoms with Gasteiger partial charge in [0.2, 0.25) is 5.91 Å². The van der Waals surface area contributed by atoms with Crippen LogP contribution in [0.3, 0.4) is 0 Å². The van der Waals surface area contributed by atoms with Crippen LogP contribution >= 0.6 is 0 Å². The summed E-state index contributed by atoms with van der Waals surface area (Å²) in [6, 6.07) is 4.48. The number of carboxylic acids is 1. The molecule has 6 heteroatoms. The number of hydrogen-bond donors (Lipinski definition) is 2. The van der Waals surface area contributed by atoms with E-state index in [4.69, 9.17) is 9.84 Å². The van der Waals surface area contributed by atoms with Crippen molar-refractivity contribution in [2.24, 2.45) is 5.41 Å². The molecule has 0 saturated carbocycles. The van der Waals surface area contributed by atoms with Crippen LogP contribution in [0.4, 0.5) is 4.39 Å². The minimum Gasteiger partial charge on any atom is -0.493 e. The van der Waals surface area contributed by atoms with Crippen LogP contribution in [0.15, 0.2) is 24.3 Å². The number of carboxylic acid groups (broad SMARTS) is 1. The van der Waals surface area contributed by atoms with Gasteiger partial charge in [0, 0.05) is 0 Å². The summed E-state index contributed by atoms with van der Waals surface area (Å²) in [4.78, 5) is 22.9. The van der Waals surface area contributed by atoms with Crippen LogP contribution in [0.25, 0.3) is 0 Å². The number of ether oxygens (including phenoxy) is 1. The second kappa shape index (κ2) is 7.06. The van der Waals surface area contributed by atoms with Crippen molar-refractivity contribution >= 4 is 11.9 Å². The van der Waals surface area contributed by atoms with E-state index in [1.54, 1.807) is 20.8 Å². The molecule has 0 spiro atoms. The fraction of sp³-hybridized carbons (Fsp3) is 0.467. The van der Waals surface area contributed by atoms with E-state index in [0.717, 1.165) is 0 Å². The van der Waals surface area contributed by atoms with Gasteiger partial charge in [-0.25, -0.2) is 9.18 Å². The zero-order valence-corrected chi connectivity index (χ0v) is 12.4. The molecule has 0 aliphatic rings. The van der Waals surface area contributed by atoms with Gasteiger partial charge in [0.25, 0.3) is 0 Å². The van der Waals surface area contributed by atoms with E-state index < -0.39 is 23.3 Å². The number of carbonyl (C=O) groups is 2. The number of rotatable bonds is 6. The van der Waals surface area contributed by atoms with E-state index in [-0.39, 0.29) is 18.8 Å².